The lowest BCUT2D eigenvalue weighted by atomic mass is 10.1. The molecular weight excluding hydrogens is 489 g/mol. The van der Waals surface area contributed by atoms with Gasteiger partial charge in [-0.25, -0.2) is 4.98 Å². The van der Waals surface area contributed by atoms with E-state index in [2.05, 4.69) is 20.6 Å². The fraction of sp³-hybridized carbons (Fsp3) is 0.115. The highest BCUT2D eigenvalue weighted by molar-refractivity contribution is 7.84. The van der Waals surface area contributed by atoms with Crippen molar-refractivity contribution in [1.29, 1.82) is 0 Å². The first kappa shape index (κ1) is 25.1. The Morgan fingerprint density at radius 3 is 2.53 bits per heavy atom. The van der Waals surface area contributed by atoms with Crippen molar-refractivity contribution in [2.24, 2.45) is 0 Å². The first-order valence-corrected chi connectivity index (χ1v) is 12.3. The molecule has 4 aromatic rings. The summed E-state index contributed by atoms with van der Waals surface area (Å²) in [4.78, 5) is 21.0. The molecule has 0 aliphatic heterocycles. The van der Waals surface area contributed by atoms with E-state index in [0.29, 0.717) is 22.1 Å². The van der Waals surface area contributed by atoms with Gasteiger partial charge in [0.1, 0.15) is 5.03 Å². The van der Waals surface area contributed by atoms with E-state index >= 15 is 0 Å². The fourth-order valence-corrected chi connectivity index (χ4v) is 3.99. The van der Waals surface area contributed by atoms with Crippen LogP contribution in [0.1, 0.15) is 21.5 Å². The molecule has 1 atom stereocenters. The topological polar surface area (TPSA) is 84.0 Å². The molecular formula is C26H21F3N4O2S. The van der Waals surface area contributed by atoms with Crippen LogP contribution in [0.2, 0.25) is 0 Å². The lowest BCUT2D eigenvalue weighted by Gasteiger charge is -2.16. The summed E-state index contributed by atoms with van der Waals surface area (Å²) in [7, 11) is -1.25. The van der Waals surface area contributed by atoms with Crippen molar-refractivity contribution in [1.82, 2.24) is 9.97 Å². The largest absolute Gasteiger partial charge is 0.416 e. The number of hydrogen-bond donors (Lipinski definition) is 2. The number of benzene rings is 2. The molecule has 0 aliphatic carbocycles. The zero-order valence-electron chi connectivity index (χ0n) is 19.3. The average molecular weight is 511 g/mol. The van der Waals surface area contributed by atoms with Gasteiger partial charge >= 0.3 is 6.18 Å². The molecule has 2 aromatic heterocycles. The minimum Gasteiger partial charge on any atom is -0.355 e. The molecule has 1 unspecified atom stereocenters. The zero-order valence-corrected chi connectivity index (χ0v) is 20.1. The SMILES string of the molecule is Cc1ccc(NC(=O)c2cccc(C(F)(F)F)c2)cc1Nc1ccncc1-c1ccnc(S(C)=O)c1. The lowest BCUT2D eigenvalue weighted by Crippen LogP contribution is -2.14. The maximum atomic E-state index is 13.0. The van der Waals surface area contributed by atoms with E-state index < -0.39 is 28.4 Å². The molecule has 0 bridgehead atoms. The predicted octanol–water partition coefficient (Wildman–Crippen LogP) is 6.20. The summed E-state index contributed by atoms with van der Waals surface area (Å²) in [6, 6.07) is 14.7. The molecule has 0 radical (unpaired) electrons. The molecule has 36 heavy (non-hydrogen) atoms. The average Bonchev–Trinajstić information content (AvgIpc) is 2.86. The summed E-state index contributed by atoms with van der Waals surface area (Å²) >= 11 is 0. The van der Waals surface area contributed by atoms with Crippen molar-refractivity contribution in [2.75, 3.05) is 16.9 Å². The number of halogens is 3. The molecule has 1 amide bonds. The summed E-state index contributed by atoms with van der Waals surface area (Å²) in [5.41, 5.74) is 3.22. The molecule has 2 N–H and O–H groups in total. The molecule has 2 heterocycles. The summed E-state index contributed by atoms with van der Waals surface area (Å²) < 4.78 is 50.9. The van der Waals surface area contributed by atoms with Crippen LogP contribution < -0.4 is 10.6 Å². The number of aromatic nitrogens is 2. The van der Waals surface area contributed by atoms with E-state index in [1.807, 2.05) is 6.92 Å². The Hall–Kier alpha value is -4.05. The highest BCUT2D eigenvalue weighted by atomic mass is 32.2. The van der Waals surface area contributed by atoms with E-state index in [9.17, 15) is 22.2 Å². The molecule has 4 rings (SSSR count). The molecule has 0 fully saturated rings. The number of pyridine rings is 2. The Balaban J connectivity index is 1.60. The van der Waals surface area contributed by atoms with Crippen LogP contribution in [0, 0.1) is 6.92 Å². The highest BCUT2D eigenvalue weighted by Crippen LogP contribution is 2.33. The Labute approximate surface area is 208 Å². The molecule has 2 aromatic carbocycles. The number of carbonyl (C=O) groups is 1. The lowest BCUT2D eigenvalue weighted by molar-refractivity contribution is -0.137. The van der Waals surface area contributed by atoms with E-state index in [0.717, 1.165) is 28.8 Å². The van der Waals surface area contributed by atoms with Crippen LogP contribution in [-0.2, 0) is 17.0 Å². The van der Waals surface area contributed by atoms with Crippen LogP contribution in [0.15, 0.2) is 84.3 Å². The van der Waals surface area contributed by atoms with Gasteiger partial charge in [0, 0.05) is 53.0 Å². The monoisotopic (exact) mass is 510 g/mol. The van der Waals surface area contributed by atoms with Gasteiger partial charge in [-0.1, -0.05) is 12.1 Å². The van der Waals surface area contributed by atoms with Crippen LogP contribution in [-0.4, -0.2) is 26.3 Å². The minimum atomic E-state index is -4.54. The third-order valence-corrected chi connectivity index (χ3v) is 6.19. The maximum Gasteiger partial charge on any atom is 0.416 e. The third kappa shape index (κ3) is 5.77. The number of rotatable bonds is 6. The second-order valence-corrected chi connectivity index (χ2v) is 9.27. The van der Waals surface area contributed by atoms with Gasteiger partial charge in [-0.2, -0.15) is 13.2 Å². The number of anilines is 3. The number of aryl methyl sites for hydroxylation is 1. The van der Waals surface area contributed by atoms with Crippen LogP contribution in [0.25, 0.3) is 11.1 Å². The van der Waals surface area contributed by atoms with Gasteiger partial charge in [0.15, 0.2) is 0 Å². The van der Waals surface area contributed by atoms with Crippen molar-refractivity contribution in [3.05, 3.63) is 95.9 Å². The molecule has 10 heteroatoms. The van der Waals surface area contributed by atoms with Crippen LogP contribution in [0.5, 0.6) is 0 Å². The maximum absolute atomic E-state index is 13.0. The van der Waals surface area contributed by atoms with Gasteiger partial charge in [0.25, 0.3) is 5.91 Å². The number of alkyl halides is 3. The van der Waals surface area contributed by atoms with Crippen molar-refractivity contribution in [3.8, 4) is 11.1 Å². The van der Waals surface area contributed by atoms with Crippen molar-refractivity contribution in [2.45, 2.75) is 18.1 Å². The molecule has 0 saturated carbocycles. The summed E-state index contributed by atoms with van der Waals surface area (Å²) in [6.07, 6.45) is 1.89. The van der Waals surface area contributed by atoms with E-state index in [4.69, 9.17) is 0 Å². The molecule has 0 spiro atoms. The minimum absolute atomic E-state index is 0.0990. The van der Waals surface area contributed by atoms with Gasteiger partial charge in [0.05, 0.1) is 16.4 Å². The Kier molecular flexibility index (Phi) is 7.16. The van der Waals surface area contributed by atoms with Crippen molar-refractivity contribution in [3.63, 3.8) is 0 Å². The van der Waals surface area contributed by atoms with Gasteiger partial charge in [-0.3, -0.25) is 14.0 Å². The number of hydrogen-bond acceptors (Lipinski definition) is 5. The smallest absolute Gasteiger partial charge is 0.355 e. The van der Waals surface area contributed by atoms with E-state index in [1.54, 1.807) is 61.2 Å². The first-order chi connectivity index (χ1) is 17.1. The highest BCUT2D eigenvalue weighted by Gasteiger charge is 2.30. The molecule has 184 valence electrons. The second-order valence-electron chi connectivity index (χ2n) is 7.95. The standard InChI is InChI=1S/C26H21F3N4O2S/c1-16-6-7-20(32-25(34)18-4-3-5-19(12-18)26(27,28)29)14-23(16)33-22-9-10-30-15-21(22)17-8-11-31-24(13-17)36(2)35/h3-15H,1-2H3,(H,30,33)(H,32,34). The number of nitrogens with one attached hydrogen (secondary N) is 2. The Bertz CT molecular complexity index is 1460. The molecule has 0 saturated heterocycles. The molecule has 6 nitrogen and oxygen atoms in total. The van der Waals surface area contributed by atoms with Crippen LogP contribution >= 0.6 is 0 Å². The summed E-state index contributed by atoms with van der Waals surface area (Å²) in [5.74, 6) is -0.655. The first-order valence-electron chi connectivity index (χ1n) is 10.7. The number of nitrogens with zero attached hydrogens (tertiary/aromatic N) is 2. The van der Waals surface area contributed by atoms with Gasteiger partial charge in [-0.05, 0) is 66.6 Å². The van der Waals surface area contributed by atoms with E-state index in [1.165, 1.54) is 12.1 Å². The van der Waals surface area contributed by atoms with Gasteiger partial charge in [0.2, 0.25) is 0 Å². The molecule has 0 aliphatic rings. The van der Waals surface area contributed by atoms with Crippen LogP contribution in [0.3, 0.4) is 0 Å². The third-order valence-electron chi connectivity index (χ3n) is 5.38. The van der Waals surface area contributed by atoms with E-state index in [-0.39, 0.29) is 5.56 Å². The van der Waals surface area contributed by atoms with Crippen LogP contribution in [0.4, 0.5) is 30.2 Å². The summed E-state index contributed by atoms with van der Waals surface area (Å²) in [6.45, 7) is 1.88. The van der Waals surface area contributed by atoms with Gasteiger partial charge < -0.3 is 10.6 Å². The summed E-state index contributed by atoms with van der Waals surface area (Å²) in [5, 5.41) is 6.43. The van der Waals surface area contributed by atoms with Crippen molar-refractivity contribution < 1.29 is 22.2 Å². The zero-order chi connectivity index (χ0) is 25.9. The van der Waals surface area contributed by atoms with Crippen molar-refractivity contribution >= 4 is 33.8 Å². The second kappa shape index (κ2) is 10.3. The normalized spacial score (nSPS) is 12.1. The Morgan fingerprint density at radius 2 is 1.78 bits per heavy atom. The van der Waals surface area contributed by atoms with Gasteiger partial charge in [-0.15, -0.1) is 0 Å². The Morgan fingerprint density at radius 1 is 0.972 bits per heavy atom. The number of amides is 1. The fourth-order valence-electron chi connectivity index (χ4n) is 3.49. The quantitative estimate of drug-likeness (QED) is 0.323. The predicted molar refractivity (Wildman–Crippen MR) is 134 cm³/mol. The number of carbonyl (C=O) groups excluding carboxylic acids is 1.